The van der Waals surface area contributed by atoms with Crippen LogP contribution in [0, 0.1) is 0 Å². The summed E-state index contributed by atoms with van der Waals surface area (Å²) in [4.78, 5) is 0. The Morgan fingerprint density at radius 2 is 1.36 bits per heavy atom. The molecule has 1 fully saturated rings. The van der Waals surface area contributed by atoms with Crippen molar-refractivity contribution in [3.63, 3.8) is 0 Å². The molecule has 0 bridgehead atoms. The zero-order valence-electron chi connectivity index (χ0n) is 10.00. The molecule has 0 spiro atoms. The van der Waals surface area contributed by atoms with Crippen LogP contribution >= 0.6 is 11.6 Å². The van der Waals surface area contributed by atoms with Gasteiger partial charge in [0.2, 0.25) is 0 Å². The second-order valence-electron chi connectivity index (χ2n) is 5.62. The topological polar surface area (TPSA) is 24.1 Å². The number of hydrogen-bond acceptors (Lipinski definition) is 2. The summed E-state index contributed by atoms with van der Waals surface area (Å²) in [7, 11) is 0. The molecular weight excluding hydrogens is 196 g/mol. The molecule has 1 saturated heterocycles. The lowest BCUT2D eigenvalue weighted by Gasteiger charge is -2.33. The summed E-state index contributed by atoms with van der Waals surface area (Å²) < 4.78 is 0. The molecule has 14 heavy (non-hydrogen) atoms. The van der Waals surface area contributed by atoms with Crippen molar-refractivity contribution in [3.8, 4) is 0 Å². The maximum absolute atomic E-state index is 5.73. The van der Waals surface area contributed by atoms with Crippen LogP contribution in [0.1, 0.15) is 47.5 Å². The van der Waals surface area contributed by atoms with Gasteiger partial charge in [0.15, 0.2) is 0 Å². The molecule has 1 rings (SSSR count). The number of rotatable bonds is 3. The minimum Gasteiger partial charge on any atom is -0.293 e. The number of halogens is 1. The SMILES string of the molecule is CC1(CCCCl)NC(C)(C)C(C)(C)N1. The van der Waals surface area contributed by atoms with Crippen LogP contribution < -0.4 is 10.6 Å². The van der Waals surface area contributed by atoms with E-state index in [-0.39, 0.29) is 16.7 Å². The quantitative estimate of drug-likeness (QED) is 0.712. The third-order valence-corrected chi connectivity index (χ3v) is 3.82. The molecule has 84 valence electrons. The van der Waals surface area contributed by atoms with Crippen molar-refractivity contribution in [2.24, 2.45) is 0 Å². The van der Waals surface area contributed by atoms with Gasteiger partial charge in [-0.25, -0.2) is 0 Å². The number of alkyl halides is 1. The molecule has 2 N–H and O–H groups in total. The Kier molecular flexibility index (Phi) is 3.21. The van der Waals surface area contributed by atoms with Crippen molar-refractivity contribution in [2.45, 2.75) is 64.2 Å². The largest absolute Gasteiger partial charge is 0.293 e. The van der Waals surface area contributed by atoms with Gasteiger partial charge in [-0.2, -0.15) is 0 Å². The smallest absolute Gasteiger partial charge is 0.0668 e. The highest BCUT2D eigenvalue weighted by atomic mass is 35.5. The fourth-order valence-corrected chi connectivity index (χ4v) is 2.40. The van der Waals surface area contributed by atoms with Crippen molar-refractivity contribution in [1.29, 1.82) is 0 Å². The second-order valence-corrected chi connectivity index (χ2v) is 6.00. The Bertz CT molecular complexity index is 195. The average molecular weight is 219 g/mol. The van der Waals surface area contributed by atoms with Crippen molar-refractivity contribution in [2.75, 3.05) is 5.88 Å². The highest BCUT2D eigenvalue weighted by molar-refractivity contribution is 6.17. The van der Waals surface area contributed by atoms with E-state index < -0.39 is 0 Å². The first-order valence-corrected chi connectivity index (χ1v) is 5.91. The first-order valence-electron chi connectivity index (χ1n) is 5.37. The molecule has 0 aromatic heterocycles. The lowest BCUT2D eigenvalue weighted by Crippen LogP contribution is -2.51. The van der Waals surface area contributed by atoms with Gasteiger partial charge in [0.05, 0.1) is 5.66 Å². The van der Waals surface area contributed by atoms with Crippen LogP contribution in [0.4, 0.5) is 0 Å². The predicted molar refractivity (Wildman–Crippen MR) is 62.8 cm³/mol. The fourth-order valence-electron chi connectivity index (χ4n) is 2.27. The van der Waals surface area contributed by atoms with Crippen LogP contribution in [0.3, 0.4) is 0 Å². The molecule has 1 aliphatic heterocycles. The Hall–Kier alpha value is 0.210. The van der Waals surface area contributed by atoms with Gasteiger partial charge < -0.3 is 0 Å². The van der Waals surface area contributed by atoms with Crippen LogP contribution in [0.5, 0.6) is 0 Å². The first kappa shape index (κ1) is 12.3. The fraction of sp³-hybridized carbons (Fsp3) is 1.00. The predicted octanol–water partition coefficient (Wildman–Crippen LogP) is 2.47. The standard InChI is InChI=1S/C11H23ClN2/c1-9(2)10(3,4)14-11(5,13-9)7-6-8-12/h13-14H,6-8H2,1-5H3. The van der Waals surface area contributed by atoms with Gasteiger partial charge in [-0.3, -0.25) is 10.6 Å². The Morgan fingerprint density at radius 1 is 0.929 bits per heavy atom. The van der Waals surface area contributed by atoms with Crippen LogP contribution in [-0.2, 0) is 0 Å². The minimum absolute atomic E-state index is 0.0297. The molecule has 2 nitrogen and oxygen atoms in total. The van der Waals surface area contributed by atoms with Gasteiger partial charge in [0, 0.05) is 17.0 Å². The van der Waals surface area contributed by atoms with E-state index in [0.29, 0.717) is 0 Å². The molecule has 0 aromatic carbocycles. The molecule has 0 aromatic rings. The van der Waals surface area contributed by atoms with E-state index >= 15 is 0 Å². The van der Waals surface area contributed by atoms with Crippen molar-refractivity contribution >= 4 is 11.6 Å². The van der Waals surface area contributed by atoms with Gasteiger partial charge in [-0.1, -0.05) is 0 Å². The molecule has 1 aliphatic rings. The van der Waals surface area contributed by atoms with Crippen molar-refractivity contribution in [1.82, 2.24) is 10.6 Å². The van der Waals surface area contributed by atoms with E-state index in [0.717, 1.165) is 18.7 Å². The summed E-state index contributed by atoms with van der Waals surface area (Å²) in [5.41, 5.74) is 0.268. The molecule has 0 atom stereocenters. The van der Waals surface area contributed by atoms with Gasteiger partial charge >= 0.3 is 0 Å². The zero-order valence-corrected chi connectivity index (χ0v) is 10.8. The third-order valence-electron chi connectivity index (χ3n) is 3.55. The summed E-state index contributed by atoms with van der Waals surface area (Å²) in [5, 5.41) is 7.32. The average Bonchev–Trinajstić information content (AvgIpc) is 2.13. The van der Waals surface area contributed by atoms with Gasteiger partial charge in [0.25, 0.3) is 0 Å². The second kappa shape index (κ2) is 3.66. The lowest BCUT2D eigenvalue weighted by molar-refractivity contribution is 0.295. The lowest BCUT2D eigenvalue weighted by atomic mass is 9.85. The molecule has 0 radical (unpaired) electrons. The van der Waals surface area contributed by atoms with Crippen LogP contribution in [0.15, 0.2) is 0 Å². The summed E-state index contributed by atoms with van der Waals surface area (Å²) in [6.07, 6.45) is 2.12. The van der Waals surface area contributed by atoms with Crippen LogP contribution in [0.2, 0.25) is 0 Å². The molecule has 3 heteroatoms. The van der Waals surface area contributed by atoms with Crippen LogP contribution in [0.25, 0.3) is 0 Å². The number of hydrogen-bond donors (Lipinski definition) is 2. The summed E-state index contributed by atoms with van der Waals surface area (Å²) >= 11 is 5.73. The summed E-state index contributed by atoms with van der Waals surface area (Å²) in [6.45, 7) is 11.2. The summed E-state index contributed by atoms with van der Waals surface area (Å²) in [6, 6.07) is 0. The first-order chi connectivity index (χ1) is 6.22. The van der Waals surface area contributed by atoms with E-state index in [1.165, 1.54) is 0 Å². The van der Waals surface area contributed by atoms with Gasteiger partial charge in [-0.05, 0) is 47.5 Å². The third kappa shape index (κ3) is 2.23. The normalized spacial score (nSPS) is 27.9. The zero-order chi connectivity index (χ0) is 11.0. The van der Waals surface area contributed by atoms with Crippen molar-refractivity contribution in [3.05, 3.63) is 0 Å². The monoisotopic (exact) mass is 218 g/mol. The van der Waals surface area contributed by atoms with Gasteiger partial charge in [0.1, 0.15) is 0 Å². The highest BCUT2D eigenvalue weighted by Gasteiger charge is 2.50. The Balaban J connectivity index is 2.70. The molecule has 0 saturated carbocycles. The minimum atomic E-state index is 0.0297. The molecule has 0 amide bonds. The molecule has 1 heterocycles. The van der Waals surface area contributed by atoms with E-state index in [2.05, 4.69) is 45.3 Å². The van der Waals surface area contributed by atoms with E-state index in [4.69, 9.17) is 11.6 Å². The summed E-state index contributed by atoms with van der Waals surface area (Å²) in [5.74, 6) is 0.736. The molecular formula is C11H23ClN2. The van der Waals surface area contributed by atoms with E-state index in [1.54, 1.807) is 0 Å². The van der Waals surface area contributed by atoms with Crippen LogP contribution in [-0.4, -0.2) is 22.6 Å². The highest BCUT2D eigenvalue weighted by Crippen LogP contribution is 2.33. The van der Waals surface area contributed by atoms with Gasteiger partial charge in [-0.15, -0.1) is 11.6 Å². The van der Waals surface area contributed by atoms with E-state index in [1.807, 2.05) is 0 Å². The maximum atomic E-state index is 5.73. The number of nitrogens with one attached hydrogen (secondary N) is 2. The maximum Gasteiger partial charge on any atom is 0.0668 e. The Labute approximate surface area is 92.8 Å². The molecule has 0 unspecified atom stereocenters. The Morgan fingerprint density at radius 3 is 1.71 bits per heavy atom. The molecule has 0 aliphatic carbocycles. The van der Waals surface area contributed by atoms with Crippen molar-refractivity contribution < 1.29 is 0 Å². The van der Waals surface area contributed by atoms with E-state index in [9.17, 15) is 0 Å².